The van der Waals surface area contributed by atoms with Gasteiger partial charge in [-0.05, 0) is 5.56 Å². The van der Waals surface area contributed by atoms with Gasteiger partial charge in [0.05, 0.1) is 11.4 Å². The lowest BCUT2D eigenvalue weighted by Crippen LogP contribution is -2.42. The van der Waals surface area contributed by atoms with Crippen molar-refractivity contribution in [2.45, 2.75) is 25.9 Å². The molecule has 2 N–H and O–H groups in total. The Hall–Kier alpha value is -1.26. The van der Waals surface area contributed by atoms with Crippen LogP contribution in [0.15, 0.2) is 30.3 Å². The van der Waals surface area contributed by atoms with E-state index in [0.717, 1.165) is 6.54 Å². The van der Waals surface area contributed by atoms with E-state index in [2.05, 4.69) is 16.0 Å². The van der Waals surface area contributed by atoms with Crippen LogP contribution in [0.3, 0.4) is 0 Å². The maximum Gasteiger partial charge on any atom is 0.220 e. The molecule has 0 saturated heterocycles. The first-order chi connectivity index (χ1) is 8.26. The van der Waals surface area contributed by atoms with Crippen molar-refractivity contribution < 1.29 is 4.79 Å². The number of hydrogen-bond donors (Lipinski definition) is 2. The van der Waals surface area contributed by atoms with Gasteiger partial charge in [-0.2, -0.15) is 0 Å². The van der Waals surface area contributed by atoms with Gasteiger partial charge in [-0.1, -0.05) is 49.5 Å². The zero-order chi connectivity index (χ0) is 12.5. The average Bonchev–Trinajstić information content (AvgIpc) is 2.38. The van der Waals surface area contributed by atoms with Crippen LogP contribution in [-0.2, 0) is 11.3 Å². The summed E-state index contributed by atoms with van der Waals surface area (Å²) >= 11 is 4.77. The normalized spacial score (nSPS) is 11.8. The standard InChI is InChI=1S/C13H17N2OS/c1-2-13(16)15-12(10-17)9-14-8-11-6-4-3-5-7-11/h3-7,12,14H,2,8-9H2,1H3,(H,15,16). The van der Waals surface area contributed by atoms with E-state index in [1.54, 1.807) is 0 Å². The maximum absolute atomic E-state index is 11.2. The molecule has 4 heteroatoms. The van der Waals surface area contributed by atoms with E-state index in [9.17, 15) is 4.79 Å². The zero-order valence-corrected chi connectivity index (χ0v) is 10.7. The molecule has 1 radical (unpaired) electrons. The van der Waals surface area contributed by atoms with Crippen LogP contribution in [0.1, 0.15) is 18.9 Å². The number of carbonyl (C=O) groups excluding carboxylic acids is 1. The molecule has 0 saturated carbocycles. The number of benzene rings is 1. The third-order valence-corrected chi connectivity index (χ3v) is 2.60. The van der Waals surface area contributed by atoms with Crippen LogP contribution >= 0.6 is 12.2 Å². The number of hydrogen-bond acceptors (Lipinski definition) is 3. The molecule has 0 aliphatic heterocycles. The lowest BCUT2D eigenvalue weighted by Gasteiger charge is -2.13. The molecule has 3 nitrogen and oxygen atoms in total. The van der Waals surface area contributed by atoms with Gasteiger partial charge >= 0.3 is 0 Å². The minimum Gasteiger partial charge on any atom is -0.347 e. The quantitative estimate of drug-likeness (QED) is 0.720. The summed E-state index contributed by atoms with van der Waals surface area (Å²) in [6.45, 7) is 3.17. The smallest absolute Gasteiger partial charge is 0.220 e. The molecule has 0 aliphatic rings. The van der Waals surface area contributed by atoms with E-state index in [0.29, 0.717) is 13.0 Å². The highest BCUT2D eigenvalue weighted by molar-refractivity contribution is 7.79. The highest BCUT2D eigenvalue weighted by Gasteiger charge is 2.07. The number of carbonyl (C=O) groups is 1. The molecule has 0 heterocycles. The van der Waals surface area contributed by atoms with E-state index >= 15 is 0 Å². The van der Waals surface area contributed by atoms with Crippen molar-refractivity contribution in [1.82, 2.24) is 10.6 Å². The van der Waals surface area contributed by atoms with Gasteiger partial charge in [0.15, 0.2) is 0 Å². The predicted octanol–water partition coefficient (Wildman–Crippen LogP) is 1.55. The molecule has 1 atom stereocenters. The fraction of sp³-hybridized carbons (Fsp3) is 0.385. The molecule has 0 aromatic heterocycles. The summed E-state index contributed by atoms with van der Waals surface area (Å²) in [7, 11) is 0. The molecule has 0 spiro atoms. The number of nitrogens with one attached hydrogen (secondary N) is 2. The van der Waals surface area contributed by atoms with Crippen molar-refractivity contribution in [3.05, 3.63) is 35.9 Å². The third kappa shape index (κ3) is 5.56. The van der Waals surface area contributed by atoms with Crippen molar-refractivity contribution in [3.63, 3.8) is 0 Å². The van der Waals surface area contributed by atoms with E-state index in [1.165, 1.54) is 5.56 Å². The highest BCUT2D eigenvalue weighted by Crippen LogP contribution is 1.97. The van der Waals surface area contributed by atoms with Crippen LogP contribution in [0.5, 0.6) is 0 Å². The summed E-state index contributed by atoms with van der Waals surface area (Å²) in [4.78, 5) is 11.2. The Balaban J connectivity index is 2.29. The first-order valence-corrected chi connectivity index (χ1v) is 6.08. The first kappa shape index (κ1) is 13.8. The fourth-order valence-corrected chi connectivity index (χ4v) is 1.52. The minimum absolute atomic E-state index is 0.00568. The molecule has 1 rings (SSSR count). The van der Waals surface area contributed by atoms with Crippen molar-refractivity contribution >= 4 is 23.5 Å². The summed E-state index contributed by atoms with van der Waals surface area (Å²) in [6, 6.07) is 9.87. The molecule has 0 bridgehead atoms. The van der Waals surface area contributed by atoms with Gasteiger partial charge in [0.1, 0.15) is 0 Å². The summed E-state index contributed by atoms with van der Waals surface area (Å²) in [5.74, 6) is -0.00568. The van der Waals surface area contributed by atoms with Crippen LogP contribution < -0.4 is 10.6 Å². The van der Waals surface area contributed by atoms with Crippen LogP contribution in [0.25, 0.3) is 0 Å². The van der Waals surface area contributed by atoms with E-state index in [4.69, 9.17) is 12.2 Å². The Morgan fingerprint density at radius 2 is 2.12 bits per heavy atom. The second-order valence-corrected chi connectivity index (χ2v) is 3.94. The number of amides is 1. The number of thiocarbonyl (C=S) groups is 1. The summed E-state index contributed by atoms with van der Waals surface area (Å²) in [6.07, 6.45) is 0.464. The van der Waals surface area contributed by atoms with Crippen LogP contribution in [0.4, 0.5) is 0 Å². The SMILES string of the molecule is CCC(=O)NC([C]=S)CNCc1ccccc1. The molecule has 1 amide bonds. The second kappa shape index (κ2) is 7.92. The van der Waals surface area contributed by atoms with Crippen molar-refractivity contribution in [2.75, 3.05) is 6.54 Å². The molecule has 1 unspecified atom stereocenters. The lowest BCUT2D eigenvalue weighted by molar-refractivity contribution is -0.121. The monoisotopic (exact) mass is 249 g/mol. The van der Waals surface area contributed by atoms with Gasteiger partial charge in [0.25, 0.3) is 0 Å². The molecule has 1 aromatic carbocycles. The van der Waals surface area contributed by atoms with Gasteiger partial charge < -0.3 is 10.6 Å². The largest absolute Gasteiger partial charge is 0.347 e. The lowest BCUT2D eigenvalue weighted by atomic mass is 10.2. The van der Waals surface area contributed by atoms with Crippen LogP contribution in [-0.4, -0.2) is 23.9 Å². The van der Waals surface area contributed by atoms with Crippen LogP contribution in [0, 0.1) is 0 Å². The van der Waals surface area contributed by atoms with Gasteiger partial charge in [0.2, 0.25) is 5.91 Å². The Kier molecular flexibility index (Phi) is 6.43. The van der Waals surface area contributed by atoms with Crippen molar-refractivity contribution in [1.29, 1.82) is 0 Å². The Morgan fingerprint density at radius 3 is 2.71 bits per heavy atom. The predicted molar refractivity (Wildman–Crippen MR) is 73.0 cm³/mol. The fourth-order valence-electron chi connectivity index (χ4n) is 1.38. The summed E-state index contributed by atoms with van der Waals surface area (Å²) < 4.78 is 0. The number of rotatable bonds is 7. The summed E-state index contributed by atoms with van der Waals surface area (Å²) in [5, 5.41) is 8.67. The highest BCUT2D eigenvalue weighted by atomic mass is 32.1. The Bertz CT molecular complexity index is 354. The molecular formula is C13H17N2OS. The molecule has 0 aliphatic carbocycles. The Morgan fingerprint density at radius 1 is 1.41 bits per heavy atom. The third-order valence-electron chi connectivity index (χ3n) is 2.32. The van der Waals surface area contributed by atoms with Gasteiger partial charge in [0, 0.05) is 19.5 Å². The first-order valence-electron chi connectivity index (χ1n) is 5.68. The summed E-state index contributed by atoms with van der Waals surface area (Å²) in [5.41, 5.74) is 1.21. The van der Waals surface area contributed by atoms with Gasteiger partial charge in [-0.25, -0.2) is 0 Å². The van der Waals surface area contributed by atoms with Gasteiger partial charge in [-0.15, -0.1) is 0 Å². The maximum atomic E-state index is 11.2. The molecule has 0 fully saturated rings. The van der Waals surface area contributed by atoms with Crippen molar-refractivity contribution in [2.24, 2.45) is 0 Å². The molecule has 1 aromatic rings. The van der Waals surface area contributed by atoms with Crippen LogP contribution in [0.2, 0.25) is 0 Å². The topological polar surface area (TPSA) is 41.1 Å². The Labute approximate surface area is 108 Å². The van der Waals surface area contributed by atoms with Gasteiger partial charge in [-0.3, -0.25) is 4.79 Å². The van der Waals surface area contributed by atoms with Crippen molar-refractivity contribution in [3.8, 4) is 0 Å². The molecular weight excluding hydrogens is 232 g/mol. The second-order valence-electron chi connectivity index (χ2n) is 3.71. The zero-order valence-electron chi connectivity index (χ0n) is 9.90. The molecule has 17 heavy (non-hydrogen) atoms. The van der Waals surface area contributed by atoms with E-state index < -0.39 is 0 Å². The van der Waals surface area contributed by atoms with E-state index in [-0.39, 0.29) is 11.9 Å². The van der Waals surface area contributed by atoms with E-state index in [1.807, 2.05) is 37.3 Å². The average molecular weight is 249 g/mol. The molecule has 91 valence electrons. The minimum atomic E-state index is -0.207.